The molecular weight excluding hydrogens is 548 g/mol. The zero-order valence-corrected chi connectivity index (χ0v) is 21.4. The minimum absolute atomic E-state index is 0.0126. The number of halogens is 4. The minimum atomic E-state index is -3.26. The van der Waals surface area contributed by atoms with Crippen molar-refractivity contribution in [2.24, 2.45) is 5.73 Å². The summed E-state index contributed by atoms with van der Waals surface area (Å²) in [7, 11) is 0. The molecule has 4 aromatic rings. The summed E-state index contributed by atoms with van der Waals surface area (Å²) in [6.45, 7) is 4.45. The number of hydrogen-bond acceptors (Lipinski definition) is 8. The number of amides is 2. The van der Waals surface area contributed by atoms with Gasteiger partial charge in [-0.1, -0.05) is 0 Å². The normalized spacial score (nSPS) is 11.6. The van der Waals surface area contributed by atoms with Gasteiger partial charge in [-0.05, 0) is 32.4 Å². The Morgan fingerprint density at radius 1 is 1.15 bits per heavy atom. The molecule has 0 aliphatic heterocycles. The van der Waals surface area contributed by atoms with Gasteiger partial charge in [0.15, 0.2) is 0 Å². The third-order valence-corrected chi connectivity index (χ3v) is 7.07. The summed E-state index contributed by atoms with van der Waals surface area (Å²) in [5.41, 5.74) is 3.76. The molecule has 0 saturated carbocycles. The fourth-order valence-corrected chi connectivity index (χ4v) is 5.18. The van der Waals surface area contributed by atoms with Crippen LogP contribution in [0.1, 0.15) is 52.2 Å². The number of nitro groups is 1. The van der Waals surface area contributed by atoms with E-state index in [1.54, 1.807) is 11.6 Å². The Morgan fingerprint density at radius 3 is 2.36 bits per heavy atom. The molecule has 0 saturated heterocycles. The van der Waals surface area contributed by atoms with Crippen LogP contribution in [-0.2, 0) is 17.9 Å². The van der Waals surface area contributed by atoms with Crippen LogP contribution in [0.2, 0.25) is 0 Å². The Hall–Kier alpha value is -4.41. The second kappa shape index (κ2) is 10.4. The number of rotatable bonds is 9. The van der Waals surface area contributed by atoms with E-state index >= 15 is 0 Å². The Bertz CT molecular complexity index is 1630. The first-order valence-corrected chi connectivity index (χ1v) is 12.0. The zero-order chi connectivity index (χ0) is 28.8. The van der Waals surface area contributed by atoms with Crippen LogP contribution >= 0.6 is 11.3 Å². The van der Waals surface area contributed by atoms with Crippen LogP contribution in [0.4, 0.5) is 28.9 Å². The van der Waals surface area contributed by atoms with E-state index in [0.717, 1.165) is 17.7 Å². The Morgan fingerprint density at radius 2 is 1.85 bits per heavy atom. The molecule has 39 heavy (non-hydrogen) atoms. The third-order valence-electron chi connectivity index (χ3n) is 5.97. The van der Waals surface area contributed by atoms with Crippen molar-refractivity contribution in [1.82, 2.24) is 24.5 Å². The first-order chi connectivity index (χ1) is 18.3. The van der Waals surface area contributed by atoms with Crippen LogP contribution in [0.3, 0.4) is 0 Å². The number of thiophene rings is 1. The maximum Gasteiger partial charge on any atom is 0.319 e. The Balaban J connectivity index is 1.86. The summed E-state index contributed by atoms with van der Waals surface area (Å²) < 4.78 is 56.4. The van der Waals surface area contributed by atoms with Gasteiger partial charge in [-0.2, -0.15) is 10.2 Å². The van der Waals surface area contributed by atoms with Crippen LogP contribution in [-0.4, -0.2) is 41.3 Å². The van der Waals surface area contributed by atoms with Gasteiger partial charge >= 0.3 is 5.69 Å². The van der Waals surface area contributed by atoms with Crippen molar-refractivity contribution >= 4 is 44.7 Å². The van der Waals surface area contributed by atoms with Gasteiger partial charge in [0.05, 0.1) is 16.8 Å². The van der Waals surface area contributed by atoms with E-state index in [0.29, 0.717) is 29.1 Å². The number of alkyl halides is 4. The van der Waals surface area contributed by atoms with Crippen molar-refractivity contribution in [2.45, 2.75) is 46.7 Å². The van der Waals surface area contributed by atoms with Crippen LogP contribution in [0.15, 0.2) is 12.3 Å². The molecule has 0 atom stereocenters. The lowest BCUT2D eigenvalue weighted by Gasteiger charge is -2.11. The van der Waals surface area contributed by atoms with Crippen LogP contribution < -0.4 is 11.1 Å². The van der Waals surface area contributed by atoms with Crippen LogP contribution in [0.5, 0.6) is 0 Å². The van der Waals surface area contributed by atoms with Gasteiger partial charge in [0.1, 0.15) is 27.6 Å². The molecule has 17 heteroatoms. The van der Waals surface area contributed by atoms with Crippen molar-refractivity contribution in [3.05, 3.63) is 50.0 Å². The summed E-state index contributed by atoms with van der Waals surface area (Å²) in [5, 5.41) is 21.6. The second-order valence-corrected chi connectivity index (χ2v) is 9.29. The number of anilines is 1. The monoisotopic (exact) mass is 568 g/mol. The Kier molecular flexibility index (Phi) is 7.36. The molecule has 4 rings (SSSR count). The molecule has 0 aromatic carbocycles. The largest absolute Gasteiger partial charge is 0.365 e. The average Bonchev–Trinajstić information content (AvgIpc) is 3.52. The van der Waals surface area contributed by atoms with E-state index in [1.165, 1.54) is 6.20 Å². The summed E-state index contributed by atoms with van der Waals surface area (Å²) in [6.07, 6.45) is -4.76. The number of fused-ring (bicyclic) bond motifs is 1. The number of carbonyl (C=O) groups excluding carboxylic acids is 2. The van der Waals surface area contributed by atoms with E-state index in [4.69, 9.17) is 5.73 Å². The van der Waals surface area contributed by atoms with E-state index in [2.05, 4.69) is 20.5 Å². The molecule has 0 radical (unpaired) electrons. The van der Waals surface area contributed by atoms with Gasteiger partial charge in [0, 0.05) is 23.2 Å². The highest BCUT2D eigenvalue weighted by atomic mass is 32.1. The molecule has 0 aliphatic carbocycles. The standard InChI is InChI=1S/C22H20F4N8O4S/c1-4-32-8(2)11(6-28-32)10-5-12(19(23)24)29-22-14(10)15(18(39-22)21(27)36)30-13(35)7-33-9(3)17(34(37)38)16(31-33)20(25)26/h5-6,19-20H,4,7H2,1-3H3,(H2,27,36)(H,30,35). The smallest absolute Gasteiger partial charge is 0.319 e. The van der Waals surface area contributed by atoms with Gasteiger partial charge in [-0.3, -0.25) is 29.1 Å². The maximum absolute atomic E-state index is 13.7. The first-order valence-electron chi connectivity index (χ1n) is 11.2. The summed E-state index contributed by atoms with van der Waals surface area (Å²) in [4.78, 5) is 39.3. The quantitative estimate of drug-likeness (QED) is 0.170. The molecule has 0 bridgehead atoms. The number of pyridine rings is 1. The molecule has 4 aromatic heterocycles. The van der Waals surface area contributed by atoms with Crippen LogP contribution in [0, 0.1) is 24.0 Å². The molecule has 0 fully saturated rings. The number of nitrogens with zero attached hydrogens (tertiary/aromatic N) is 6. The molecule has 4 heterocycles. The number of hydrogen-bond donors (Lipinski definition) is 2. The molecule has 12 nitrogen and oxygen atoms in total. The number of nitrogens with one attached hydrogen (secondary N) is 1. The third kappa shape index (κ3) is 4.91. The molecule has 2 amide bonds. The predicted octanol–water partition coefficient (Wildman–Crippen LogP) is 4.51. The summed E-state index contributed by atoms with van der Waals surface area (Å²) >= 11 is 0.685. The highest BCUT2D eigenvalue weighted by Gasteiger charge is 2.32. The molecule has 0 aliphatic rings. The fraction of sp³-hybridized carbons (Fsp3) is 0.318. The minimum Gasteiger partial charge on any atom is -0.365 e. The maximum atomic E-state index is 13.7. The summed E-state index contributed by atoms with van der Waals surface area (Å²) in [5.74, 6) is -1.88. The molecule has 206 valence electrons. The number of primary amides is 1. The van der Waals surface area contributed by atoms with E-state index < -0.39 is 53.2 Å². The molecular formula is C22H20F4N8O4S. The number of aromatic nitrogens is 5. The first kappa shape index (κ1) is 27.6. The summed E-state index contributed by atoms with van der Waals surface area (Å²) in [6, 6.07) is 1.13. The molecule has 0 spiro atoms. The average molecular weight is 569 g/mol. The lowest BCUT2D eigenvalue weighted by atomic mass is 10.0. The lowest BCUT2D eigenvalue weighted by molar-refractivity contribution is -0.386. The van der Waals surface area contributed by atoms with Gasteiger partial charge < -0.3 is 11.1 Å². The van der Waals surface area contributed by atoms with E-state index in [1.807, 2.05) is 6.92 Å². The van der Waals surface area contributed by atoms with Crippen molar-refractivity contribution < 1.29 is 32.1 Å². The van der Waals surface area contributed by atoms with Gasteiger partial charge in [-0.25, -0.2) is 22.5 Å². The van der Waals surface area contributed by atoms with Crippen molar-refractivity contribution in [2.75, 3.05) is 5.32 Å². The highest BCUT2D eigenvalue weighted by molar-refractivity contribution is 7.21. The van der Waals surface area contributed by atoms with E-state index in [-0.39, 0.29) is 32.0 Å². The SMILES string of the molecule is CCn1ncc(-c2cc(C(F)F)nc3sc(C(N)=O)c(NC(=O)Cn4nc(C(F)F)c([N+](=O)[O-])c4C)c23)c1C. The van der Waals surface area contributed by atoms with Gasteiger partial charge in [0.25, 0.3) is 18.8 Å². The zero-order valence-electron chi connectivity index (χ0n) is 20.5. The van der Waals surface area contributed by atoms with Crippen molar-refractivity contribution in [3.63, 3.8) is 0 Å². The van der Waals surface area contributed by atoms with Crippen molar-refractivity contribution in [3.8, 4) is 11.1 Å². The number of aryl methyl sites for hydroxylation is 1. The fourth-order valence-electron chi connectivity index (χ4n) is 4.17. The van der Waals surface area contributed by atoms with E-state index in [9.17, 15) is 37.3 Å². The van der Waals surface area contributed by atoms with Gasteiger partial charge in [-0.15, -0.1) is 11.3 Å². The predicted molar refractivity (Wildman–Crippen MR) is 132 cm³/mol. The van der Waals surface area contributed by atoms with Crippen LogP contribution in [0.25, 0.3) is 21.3 Å². The lowest BCUT2D eigenvalue weighted by Crippen LogP contribution is -2.22. The topological polar surface area (TPSA) is 164 Å². The highest BCUT2D eigenvalue weighted by Crippen LogP contribution is 2.43. The second-order valence-electron chi connectivity index (χ2n) is 8.29. The molecule has 3 N–H and O–H groups in total. The van der Waals surface area contributed by atoms with Gasteiger partial charge in [0.2, 0.25) is 11.6 Å². The number of carbonyl (C=O) groups is 2. The Labute approximate surface area is 220 Å². The number of nitrogens with two attached hydrogens (primary N) is 1. The van der Waals surface area contributed by atoms with Crippen molar-refractivity contribution in [1.29, 1.82) is 0 Å². The molecule has 0 unspecified atom stereocenters.